The highest BCUT2D eigenvalue weighted by atomic mass is 79.9. The number of nitrogens with two attached hydrogens (primary N) is 1. The molecule has 2 amide bonds. The lowest BCUT2D eigenvalue weighted by Gasteiger charge is -2.24. The summed E-state index contributed by atoms with van der Waals surface area (Å²) < 4.78 is 5.89. The van der Waals surface area contributed by atoms with E-state index in [1.165, 1.54) is 6.26 Å². The van der Waals surface area contributed by atoms with Gasteiger partial charge in [0.25, 0.3) is 5.91 Å². The molecule has 0 radical (unpaired) electrons. The molecule has 0 aliphatic carbocycles. The summed E-state index contributed by atoms with van der Waals surface area (Å²) in [5.41, 5.74) is 5.68. The van der Waals surface area contributed by atoms with Crippen molar-refractivity contribution in [3.05, 3.63) is 58.5 Å². The maximum atomic E-state index is 12.2. The van der Waals surface area contributed by atoms with Gasteiger partial charge in [-0.1, -0.05) is 28.1 Å². The van der Waals surface area contributed by atoms with E-state index < -0.39 is 5.54 Å². The molecule has 1 heterocycles. The van der Waals surface area contributed by atoms with Crippen molar-refractivity contribution in [1.29, 1.82) is 0 Å². The number of nitrogens with one attached hydrogen (secondary N) is 2. The fraction of sp³-hybridized carbons (Fsp3) is 0.250. The molecular formula is C16H19BrClN3O3. The number of carbonyl (C=O) groups excluding carboxylic acids is 2. The van der Waals surface area contributed by atoms with Crippen LogP contribution in [0.3, 0.4) is 0 Å². The van der Waals surface area contributed by atoms with Gasteiger partial charge in [-0.3, -0.25) is 9.59 Å². The minimum Gasteiger partial charge on any atom is -0.459 e. The molecule has 0 bridgehead atoms. The van der Waals surface area contributed by atoms with E-state index in [1.807, 2.05) is 12.1 Å². The van der Waals surface area contributed by atoms with E-state index in [1.54, 1.807) is 31.2 Å². The van der Waals surface area contributed by atoms with Crippen molar-refractivity contribution in [3.63, 3.8) is 0 Å². The Balaban J connectivity index is 0.00000288. The van der Waals surface area contributed by atoms with Crippen LogP contribution >= 0.6 is 28.3 Å². The fourth-order valence-corrected chi connectivity index (χ4v) is 2.22. The van der Waals surface area contributed by atoms with Crippen LogP contribution in [-0.4, -0.2) is 24.9 Å². The Bertz CT molecular complexity index is 672. The first-order valence-electron chi connectivity index (χ1n) is 7.06. The summed E-state index contributed by atoms with van der Waals surface area (Å²) in [7, 11) is 0. The van der Waals surface area contributed by atoms with Crippen LogP contribution in [0.15, 0.2) is 51.6 Å². The normalized spacial score (nSPS) is 12.6. The van der Waals surface area contributed by atoms with E-state index in [9.17, 15) is 9.59 Å². The smallest absolute Gasteiger partial charge is 0.287 e. The predicted molar refractivity (Wildman–Crippen MR) is 97.0 cm³/mol. The number of furan rings is 1. The first-order chi connectivity index (χ1) is 10.9. The summed E-state index contributed by atoms with van der Waals surface area (Å²) in [6.07, 6.45) is 1.43. The molecule has 8 heteroatoms. The molecule has 24 heavy (non-hydrogen) atoms. The van der Waals surface area contributed by atoms with Gasteiger partial charge in [-0.05, 0) is 36.8 Å². The molecule has 4 N–H and O–H groups in total. The molecule has 1 unspecified atom stereocenters. The average molecular weight is 417 g/mol. The first kappa shape index (κ1) is 20.2. The zero-order valence-electron chi connectivity index (χ0n) is 13.0. The average Bonchev–Trinajstić information content (AvgIpc) is 3.06. The summed E-state index contributed by atoms with van der Waals surface area (Å²) in [5.74, 6) is -0.408. The van der Waals surface area contributed by atoms with Crippen LogP contribution in [0.25, 0.3) is 0 Å². The summed E-state index contributed by atoms with van der Waals surface area (Å²) in [5, 5.41) is 5.36. The Kier molecular flexibility index (Phi) is 7.47. The van der Waals surface area contributed by atoms with Gasteiger partial charge >= 0.3 is 0 Å². The minimum atomic E-state index is -1.15. The van der Waals surface area contributed by atoms with Gasteiger partial charge in [0.05, 0.1) is 6.26 Å². The highest BCUT2D eigenvalue weighted by Gasteiger charge is 2.30. The lowest BCUT2D eigenvalue weighted by molar-refractivity contribution is -0.126. The summed E-state index contributed by atoms with van der Waals surface area (Å²) >= 11 is 3.34. The Morgan fingerprint density at radius 1 is 1.17 bits per heavy atom. The third-order valence-corrected chi connectivity index (χ3v) is 3.89. The lowest BCUT2D eigenvalue weighted by atomic mass is 9.92. The minimum absolute atomic E-state index is 0. The molecule has 2 aromatic rings. The molecule has 2 rings (SSSR count). The second kappa shape index (κ2) is 8.86. The third kappa shape index (κ3) is 5.09. The first-order valence-corrected chi connectivity index (χ1v) is 7.85. The highest BCUT2D eigenvalue weighted by Crippen LogP contribution is 2.20. The van der Waals surface area contributed by atoms with E-state index in [2.05, 4.69) is 26.6 Å². The number of carbonyl (C=O) groups is 2. The van der Waals surface area contributed by atoms with Crippen LogP contribution in [-0.2, 0) is 10.3 Å². The standard InChI is InChI=1S/C16H18BrN3O3.ClH/c1-16(18,11-4-6-12(17)7-5-11)15(22)20-9-8-19-14(21)13-3-2-10-23-13;/h2-7,10H,8-9,18H2,1H3,(H,19,21)(H,20,22);1H. The Morgan fingerprint density at radius 3 is 2.38 bits per heavy atom. The molecule has 1 aromatic carbocycles. The van der Waals surface area contributed by atoms with Crippen LogP contribution in [0, 0.1) is 0 Å². The maximum absolute atomic E-state index is 12.2. The largest absolute Gasteiger partial charge is 0.459 e. The topological polar surface area (TPSA) is 97.4 Å². The second-order valence-electron chi connectivity index (χ2n) is 5.20. The van der Waals surface area contributed by atoms with Gasteiger partial charge < -0.3 is 20.8 Å². The number of rotatable bonds is 6. The van der Waals surface area contributed by atoms with Gasteiger partial charge in [0.2, 0.25) is 5.91 Å². The quantitative estimate of drug-likeness (QED) is 0.629. The number of amides is 2. The van der Waals surface area contributed by atoms with Gasteiger partial charge in [0, 0.05) is 17.6 Å². The van der Waals surface area contributed by atoms with Crippen LogP contribution in [0.4, 0.5) is 0 Å². The molecule has 0 fully saturated rings. The number of hydrogen-bond donors (Lipinski definition) is 3. The van der Waals surface area contributed by atoms with Crippen molar-refractivity contribution < 1.29 is 14.0 Å². The van der Waals surface area contributed by atoms with E-state index in [0.717, 1.165) is 4.47 Å². The fourth-order valence-electron chi connectivity index (χ4n) is 1.96. The Morgan fingerprint density at radius 2 is 1.79 bits per heavy atom. The zero-order valence-corrected chi connectivity index (χ0v) is 15.4. The van der Waals surface area contributed by atoms with Gasteiger partial charge in [0.1, 0.15) is 5.54 Å². The van der Waals surface area contributed by atoms with Gasteiger partial charge in [-0.2, -0.15) is 0 Å². The monoisotopic (exact) mass is 415 g/mol. The molecule has 0 aliphatic heterocycles. The number of hydrogen-bond acceptors (Lipinski definition) is 4. The molecule has 6 nitrogen and oxygen atoms in total. The van der Waals surface area contributed by atoms with Crippen molar-refractivity contribution >= 4 is 40.2 Å². The molecule has 1 atom stereocenters. The summed E-state index contributed by atoms with van der Waals surface area (Å²) in [4.78, 5) is 23.9. The maximum Gasteiger partial charge on any atom is 0.287 e. The molecular weight excluding hydrogens is 398 g/mol. The SMILES string of the molecule is CC(N)(C(=O)NCCNC(=O)c1ccco1)c1ccc(Br)cc1.Cl. The van der Waals surface area contributed by atoms with Gasteiger partial charge in [-0.15, -0.1) is 12.4 Å². The summed E-state index contributed by atoms with van der Waals surface area (Å²) in [6.45, 7) is 2.20. The van der Waals surface area contributed by atoms with E-state index >= 15 is 0 Å². The number of halogens is 2. The van der Waals surface area contributed by atoms with Crippen molar-refractivity contribution in [2.75, 3.05) is 13.1 Å². The van der Waals surface area contributed by atoms with Crippen molar-refractivity contribution in [2.45, 2.75) is 12.5 Å². The lowest BCUT2D eigenvalue weighted by Crippen LogP contribution is -2.50. The van der Waals surface area contributed by atoms with Crippen molar-refractivity contribution in [2.24, 2.45) is 5.73 Å². The molecule has 0 aliphatic rings. The van der Waals surface area contributed by atoms with Crippen molar-refractivity contribution in [1.82, 2.24) is 10.6 Å². The van der Waals surface area contributed by atoms with Crippen LogP contribution in [0.5, 0.6) is 0 Å². The molecule has 0 spiro atoms. The Labute approximate surface area is 154 Å². The number of benzene rings is 1. The van der Waals surface area contributed by atoms with Gasteiger partial charge in [-0.25, -0.2) is 0 Å². The molecule has 1 aromatic heterocycles. The molecule has 0 saturated carbocycles. The highest BCUT2D eigenvalue weighted by molar-refractivity contribution is 9.10. The van der Waals surface area contributed by atoms with E-state index in [4.69, 9.17) is 10.2 Å². The van der Waals surface area contributed by atoms with E-state index in [0.29, 0.717) is 5.56 Å². The Hall–Kier alpha value is -1.83. The van der Waals surface area contributed by atoms with Crippen LogP contribution in [0.1, 0.15) is 23.0 Å². The van der Waals surface area contributed by atoms with Crippen LogP contribution in [0.2, 0.25) is 0 Å². The third-order valence-electron chi connectivity index (χ3n) is 3.36. The predicted octanol–water partition coefficient (Wildman–Crippen LogP) is 2.18. The second-order valence-corrected chi connectivity index (χ2v) is 6.11. The van der Waals surface area contributed by atoms with E-state index in [-0.39, 0.29) is 43.1 Å². The van der Waals surface area contributed by atoms with Crippen LogP contribution < -0.4 is 16.4 Å². The molecule has 130 valence electrons. The summed E-state index contributed by atoms with van der Waals surface area (Å²) in [6, 6.07) is 10.5. The van der Waals surface area contributed by atoms with Gasteiger partial charge in [0.15, 0.2) is 5.76 Å². The van der Waals surface area contributed by atoms with Crippen molar-refractivity contribution in [3.8, 4) is 0 Å². The zero-order chi connectivity index (χ0) is 16.9. The molecule has 0 saturated heterocycles.